The van der Waals surface area contributed by atoms with Gasteiger partial charge in [-0.15, -0.1) is 0 Å². The van der Waals surface area contributed by atoms with Crippen molar-refractivity contribution in [3.63, 3.8) is 0 Å². The van der Waals surface area contributed by atoms with Crippen molar-refractivity contribution in [3.05, 3.63) is 0 Å². The third-order valence-electron chi connectivity index (χ3n) is 1.33. The Morgan fingerprint density at radius 2 is 1.85 bits per heavy atom. The van der Waals surface area contributed by atoms with Crippen LogP contribution in [-0.2, 0) is 0 Å². The number of carbonyl (C=O) groups is 1. The zero-order valence-electron chi connectivity index (χ0n) is 9.03. The maximum absolute atomic E-state index is 11.2. The SMILES string of the molecule is CCNCCNC(=O)NC(C)(C)C. The normalized spacial score (nSPS) is 11.1. The number of amides is 2. The van der Waals surface area contributed by atoms with Crippen LogP contribution in [0.3, 0.4) is 0 Å². The molecule has 0 aromatic rings. The van der Waals surface area contributed by atoms with Crippen molar-refractivity contribution in [2.24, 2.45) is 0 Å². The number of carbonyl (C=O) groups excluding carboxylic acids is 1. The Kier molecular flexibility index (Phi) is 5.46. The fraction of sp³-hybridized carbons (Fsp3) is 0.889. The monoisotopic (exact) mass is 187 g/mol. The Bertz CT molecular complexity index is 151. The van der Waals surface area contributed by atoms with Crippen LogP contribution in [0.15, 0.2) is 0 Å². The standard InChI is InChI=1S/C9H21N3O/c1-5-10-6-7-11-8(13)12-9(2,3)4/h10H,5-7H2,1-4H3,(H2,11,12,13). The van der Waals surface area contributed by atoms with E-state index in [0.29, 0.717) is 6.54 Å². The van der Waals surface area contributed by atoms with E-state index in [1.807, 2.05) is 27.7 Å². The van der Waals surface area contributed by atoms with E-state index < -0.39 is 0 Å². The number of urea groups is 1. The van der Waals surface area contributed by atoms with Crippen molar-refractivity contribution in [2.45, 2.75) is 33.2 Å². The quantitative estimate of drug-likeness (QED) is 0.567. The van der Waals surface area contributed by atoms with Gasteiger partial charge in [-0.2, -0.15) is 0 Å². The van der Waals surface area contributed by atoms with Crippen LogP contribution >= 0.6 is 0 Å². The first kappa shape index (κ1) is 12.2. The lowest BCUT2D eigenvalue weighted by Crippen LogP contribution is -2.47. The topological polar surface area (TPSA) is 53.2 Å². The third kappa shape index (κ3) is 9.14. The molecule has 0 saturated carbocycles. The first-order valence-corrected chi connectivity index (χ1v) is 4.72. The summed E-state index contributed by atoms with van der Waals surface area (Å²) in [6, 6.07) is -0.106. The van der Waals surface area contributed by atoms with Crippen molar-refractivity contribution >= 4 is 6.03 Å². The van der Waals surface area contributed by atoms with E-state index in [1.165, 1.54) is 0 Å². The molecule has 0 atom stereocenters. The fourth-order valence-corrected chi connectivity index (χ4v) is 0.826. The lowest BCUT2D eigenvalue weighted by molar-refractivity contribution is 0.232. The third-order valence-corrected chi connectivity index (χ3v) is 1.33. The molecule has 0 rings (SSSR count). The molecule has 0 radical (unpaired) electrons. The molecule has 4 nitrogen and oxygen atoms in total. The highest BCUT2D eigenvalue weighted by Crippen LogP contribution is 1.96. The number of likely N-dealkylation sites (N-methyl/N-ethyl adjacent to an activating group) is 1. The van der Waals surface area contributed by atoms with Crippen LogP contribution < -0.4 is 16.0 Å². The van der Waals surface area contributed by atoms with Crippen molar-refractivity contribution < 1.29 is 4.79 Å². The van der Waals surface area contributed by atoms with Gasteiger partial charge in [0.25, 0.3) is 0 Å². The van der Waals surface area contributed by atoms with Crippen molar-refractivity contribution in [1.82, 2.24) is 16.0 Å². The summed E-state index contributed by atoms with van der Waals surface area (Å²) in [5.74, 6) is 0. The van der Waals surface area contributed by atoms with Gasteiger partial charge >= 0.3 is 6.03 Å². The molecule has 4 heteroatoms. The molecule has 78 valence electrons. The van der Waals surface area contributed by atoms with Gasteiger partial charge in [-0.05, 0) is 27.3 Å². The first-order chi connectivity index (χ1) is 5.95. The summed E-state index contributed by atoms with van der Waals surface area (Å²) in [6.07, 6.45) is 0. The molecule has 0 heterocycles. The van der Waals surface area contributed by atoms with Crippen molar-refractivity contribution in [2.75, 3.05) is 19.6 Å². The second kappa shape index (κ2) is 5.80. The van der Waals surface area contributed by atoms with Gasteiger partial charge in [-0.3, -0.25) is 0 Å². The highest BCUT2D eigenvalue weighted by atomic mass is 16.2. The van der Waals surface area contributed by atoms with Crippen molar-refractivity contribution in [1.29, 1.82) is 0 Å². The predicted molar refractivity (Wildman–Crippen MR) is 54.8 cm³/mol. The molecule has 0 aromatic heterocycles. The average Bonchev–Trinajstić information content (AvgIpc) is 1.94. The van der Waals surface area contributed by atoms with E-state index >= 15 is 0 Å². The van der Waals surface area contributed by atoms with Gasteiger partial charge in [0.05, 0.1) is 0 Å². The summed E-state index contributed by atoms with van der Waals surface area (Å²) < 4.78 is 0. The van der Waals surface area contributed by atoms with Gasteiger partial charge in [0, 0.05) is 18.6 Å². The summed E-state index contributed by atoms with van der Waals surface area (Å²) in [7, 11) is 0. The van der Waals surface area contributed by atoms with Gasteiger partial charge in [0.2, 0.25) is 0 Å². The largest absolute Gasteiger partial charge is 0.337 e. The molecule has 0 unspecified atom stereocenters. The number of nitrogens with one attached hydrogen (secondary N) is 3. The van der Waals surface area contributed by atoms with Crippen LogP contribution in [0.5, 0.6) is 0 Å². The smallest absolute Gasteiger partial charge is 0.315 e. The second-order valence-corrected chi connectivity index (χ2v) is 3.98. The molecule has 0 aromatic carbocycles. The Hall–Kier alpha value is -0.770. The Labute approximate surface area is 80.5 Å². The highest BCUT2D eigenvalue weighted by Gasteiger charge is 2.12. The minimum atomic E-state index is -0.164. The summed E-state index contributed by atoms with van der Waals surface area (Å²) in [5.41, 5.74) is -0.164. The molecule has 0 aliphatic rings. The molecule has 3 N–H and O–H groups in total. The van der Waals surface area contributed by atoms with E-state index in [-0.39, 0.29) is 11.6 Å². The predicted octanol–water partition coefficient (Wildman–Crippen LogP) is 0.694. The lowest BCUT2D eigenvalue weighted by Gasteiger charge is -2.20. The van der Waals surface area contributed by atoms with E-state index in [2.05, 4.69) is 16.0 Å². The Balaban J connectivity index is 3.41. The lowest BCUT2D eigenvalue weighted by atomic mass is 10.1. The van der Waals surface area contributed by atoms with E-state index in [1.54, 1.807) is 0 Å². The van der Waals surface area contributed by atoms with E-state index in [0.717, 1.165) is 13.1 Å². The zero-order chi connectivity index (χ0) is 10.3. The summed E-state index contributed by atoms with van der Waals surface area (Å²) in [6.45, 7) is 10.3. The van der Waals surface area contributed by atoms with Gasteiger partial charge in [0.15, 0.2) is 0 Å². The Morgan fingerprint density at radius 3 is 2.31 bits per heavy atom. The second-order valence-electron chi connectivity index (χ2n) is 3.98. The number of hydrogen-bond acceptors (Lipinski definition) is 2. The molecule has 0 aliphatic heterocycles. The molecule has 13 heavy (non-hydrogen) atoms. The molecule has 0 saturated heterocycles. The maximum Gasteiger partial charge on any atom is 0.315 e. The van der Waals surface area contributed by atoms with Crippen LogP contribution in [0.1, 0.15) is 27.7 Å². The maximum atomic E-state index is 11.2. The van der Waals surface area contributed by atoms with Crippen LogP contribution in [0.4, 0.5) is 4.79 Å². The Morgan fingerprint density at radius 1 is 1.23 bits per heavy atom. The van der Waals surface area contributed by atoms with E-state index in [9.17, 15) is 4.79 Å². The van der Waals surface area contributed by atoms with Crippen LogP contribution in [0.25, 0.3) is 0 Å². The van der Waals surface area contributed by atoms with E-state index in [4.69, 9.17) is 0 Å². The molecular formula is C9H21N3O. The first-order valence-electron chi connectivity index (χ1n) is 4.72. The molecular weight excluding hydrogens is 166 g/mol. The summed E-state index contributed by atoms with van der Waals surface area (Å²) >= 11 is 0. The van der Waals surface area contributed by atoms with Gasteiger partial charge in [-0.1, -0.05) is 6.92 Å². The molecule has 0 aliphatic carbocycles. The summed E-state index contributed by atoms with van der Waals surface area (Å²) in [4.78, 5) is 11.2. The minimum absolute atomic E-state index is 0.106. The molecule has 0 bridgehead atoms. The van der Waals surface area contributed by atoms with Gasteiger partial charge in [-0.25, -0.2) is 4.79 Å². The average molecular weight is 187 g/mol. The number of rotatable bonds is 4. The zero-order valence-corrected chi connectivity index (χ0v) is 9.03. The fourth-order valence-electron chi connectivity index (χ4n) is 0.826. The number of hydrogen-bond donors (Lipinski definition) is 3. The molecule has 2 amide bonds. The summed E-state index contributed by atoms with van der Waals surface area (Å²) in [5, 5.41) is 8.70. The van der Waals surface area contributed by atoms with Gasteiger partial charge in [0.1, 0.15) is 0 Å². The van der Waals surface area contributed by atoms with Crippen LogP contribution in [0.2, 0.25) is 0 Å². The van der Waals surface area contributed by atoms with Gasteiger partial charge < -0.3 is 16.0 Å². The molecule has 0 fully saturated rings. The van der Waals surface area contributed by atoms with Crippen LogP contribution in [-0.4, -0.2) is 31.2 Å². The molecule has 0 spiro atoms. The van der Waals surface area contributed by atoms with Crippen LogP contribution in [0, 0.1) is 0 Å². The van der Waals surface area contributed by atoms with Crippen molar-refractivity contribution in [3.8, 4) is 0 Å². The minimum Gasteiger partial charge on any atom is -0.337 e. The highest BCUT2D eigenvalue weighted by molar-refractivity contribution is 5.74.